The summed E-state index contributed by atoms with van der Waals surface area (Å²) in [5, 5.41) is 4.74. The molecule has 0 spiro atoms. The van der Waals surface area contributed by atoms with E-state index in [0.717, 1.165) is 5.56 Å². The molecule has 3 saturated heterocycles. The molecule has 1 aliphatic carbocycles. The Bertz CT molecular complexity index is 1110. The Hall–Kier alpha value is -3.89. The first-order chi connectivity index (χ1) is 16.6. The molecule has 184 valence electrons. The topological polar surface area (TPSA) is 128 Å². The number of fused-ring (bicyclic) bond motifs is 1. The van der Waals surface area contributed by atoms with Crippen LogP contribution in [-0.4, -0.2) is 89.9 Å². The molecule has 3 aliphatic heterocycles. The molecular formula is C24H27N5O6. The SMILES string of the molecule is COc1ccc(C=CC(=O)N2CCN3C(=O)NC(=O)C4(C)C3C3N(CC2)C(=O)NC(=O)C34C)cc1. The summed E-state index contributed by atoms with van der Waals surface area (Å²) in [6, 6.07) is 4.75. The van der Waals surface area contributed by atoms with Crippen molar-refractivity contribution >= 4 is 35.9 Å². The fraction of sp³-hybridized carbons (Fsp3) is 0.458. The highest BCUT2D eigenvalue weighted by molar-refractivity contribution is 6.10. The van der Waals surface area contributed by atoms with E-state index in [2.05, 4.69) is 10.6 Å². The maximum atomic E-state index is 13.1. The van der Waals surface area contributed by atoms with Gasteiger partial charge in [0.2, 0.25) is 17.7 Å². The predicted octanol–water partition coefficient (Wildman–Crippen LogP) is 0.418. The summed E-state index contributed by atoms with van der Waals surface area (Å²) < 4.78 is 5.14. The van der Waals surface area contributed by atoms with Crippen LogP contribution in [0.4, 0.5) is 9.59 Å². The van der Waals surface area contributed by atoms with Crippen molar-refractivity contribution < 1.29 is 28.7 Å². The summed E-state index contributed by atoms with van der Waals surface area (Å²) >= 11 is 0. The normalized spacial score (nSPS) is 32.1. The van der Waals surface area contributed by atoms with Gasteiger partial charge in [0.25, 0.3) is 0 Å². The molecule has 4 atom stereocenters. The third-order valence-corrected chi connectivity index (χ3v) is 8.21. The van der Waals surface area contributed by atoms with Gasteiger partial charge in [0.1, 0.15) is 5.75 Å². The number of benzene rings is 1. The molecule has 1 aromatic carbocycles. The molecule has 0 aromatic heterocycles. The second kappa shape index (κ2) is 7.82. The van der Waals surface area contributed by atoms with E-state index in [0.29, 0.717) is 5.75 Å². The molecule has 0 radical (unpaired) electrons. The smallest absolute Gasteiger partial charge is 0.324 e. The zero-order valence-electron chi connectivity index (χ0n) is 19.7. The van der Waals surface area contributed by atoms with E-state index in [4.69, 9.17) is 4.74 Å². The summed E-state index contributed by atoms with van der Waals surface area (Å²) in [6.45, 7) is 4.08. The molecule has 35 heavy (non-hydrogen) atoms. The number of hydrogen-bond donors (Lipinski definition) is 2. The number of methoxy groups -OCH3 is 1. The van der Waals surface area contributed by atoms with Gasteiger partial charge in [0, 0.05) is 32.3 Å². The van der Waals surface area contributed by atoms with Crippen molar-refractivity contribution in [3.05, 3.63) is 35.9 Å². The number of hydrogen-bond acceptors (Lipinski definition) is 6. The Kier molecular flexibility index (Phi) is 5.11. The van der Waals surface area contributed by atoms with Crippen LogP contribution in [0.25, 0.3) is 6.08 Å². The van der Waals surface area contributed by atoms with Crippen LogP contribution in [0.1, 0.15) is 19.4 Å². The molecule has 11 heteroatoms. The predicted molar refractivity (Wildman–Crippen MR) is 123 cm³/mol. The van der Waals surface area contributed by atoms with Crippen molar-refractivity contribution in [3.63, 3.8) is 0 Å². The molecule has 1 saturated carbocycles. The molecule has 4 unspecified atom stereocenters. The van der Waals surface area contributed by atoms with Crippen LogP contribution >= 0.6 is 0 Å². The van der Waals surface area contributed by atoms with Gasteiger partial charge in [0.05, 0.1) is 30.0 Å². The van der Waals surface area contributed by atoms with E-state index in [1.807, 2.05) is 12.1 Å². The highest BCUT2D eigenvalue weighted by atomic mass is 16.5. The lowest BCUT2D eigenvalue weighted by Gasteiger charge is -2.71. The van der Waals surface area contributed by atoms with Gasteiger partial charge in [0.15, 0.2) is 0 Å². The number of nitrogens with one attached hydrogen (secondary N) is 2. The lowest BCUT2D eigenvalue weighted by atomic mass is 9.42. The van der Waals surface area contributed by atoms with Crippen LogP contribution in [0.5, 0.6) is 5.75 Å². The van der Waals surface area contributed by atoms with Crippen molar-refractivity contribution in [2.45, 2.75) is 25.9 Å². The molecule has 7 amide bonds. The van der Waals surface area contributed by atoms with E-state index in [1.165, 1.54) is 15.9 Å². The number of carbonyl (C=O) groups excluding carboxylic acids is 5. The van der Waals surface area contributed by atoms with E-state index in [1.54, 1.807) is 44.1 Å². The molecule has 5 rings (SSSR count). The van der Waals surface area contributed by atoms with Gasteiger partial charge in [-0.3, -0.25) is 25.0 Å². The quantitative estimate of drug-likeness (QED) is 0.602. The molecule has 1 aromatic rings. The van der Waals surface area contributed by atoms with Crippen LogP contribution in [0.2, 0.25) is 0 Å². The monoisotopic (exact) mass is 481 g/mol. The van der Waals surface area contributed by atoms with Crippen molar-refractivity contribution in [2.24, 2.45) is 10.8 Å². The Morgan fingerprint density at radius 3 is 1.83 bits per heavy atom. The average Bonchev–Trinajstić information content (AvgIpc) is 2.93. The summed E-state index contributed by atoms with van der Waals surface area (Å²) in [5.74, 6) is -0.621. The van der Waals surface area contributed by atoms with Crippen LogP contribution < -0.4 is 15.4 Å². The summed E-state index contributed by atoms with van der Waals surface area (Å²) in [5.41, 5.74) is -1.60. The average molecular weight is 482 g/mol. The Balaban J connectivity index is 1.43. The fourth-order valence-electron chi connectivity index (χ4n) is 5.96. The number of imide groups is 2. The lowest BCUT2D eigenvalue weighted by molar-refractivity contribution is -0.212. The minimum absolute atomic E-state index is 0.164. The first-order valence-electron chi connectivity index (χ1n) is 11.5. The van der Waals surface area contributed by atoms with Crippen LogP contribution in [0.3, 0.4) is 0 Å². The number of nitrogens with zero attached hydrogens (tertiary/aromatic N) is 3. The second-order valence-corrected chi connectivity index (χ2v) is 9.63. The third kappa shape index (κ3) is 3.06. The van der Waals surface area contributed by atoms with Gasteiger partial charge in [-0.25, -0.2) is 9.59 Å². The summed E-state index contributed by atoms with van der Waals surface area (Å²) in [6.07, 6.45) is 3.13. The highest BCUT2D eigenvalue weighted by Gasteiger charge is 2.80. The van der Waals surface area contributed by atoms with Gasteiger partial charge in [-0.05, 0) is 37.6 Å². The molecule has 2 N–H and O–H groups in total. The minimum atomic E-state index is -1.21. The first kappa shape index (κ1) is 22.9. The third-order valence-electron chi connectivity index (χ3n) is 8.21. The molecule has 3 heterocycles. The largest absolute Gasteiger partial charge is 0.497 e. The molecule has 0 bridgehead atoms. The Morgan fingerprint density at radius 1 is 0.886 bits per heavy atom. The van der Waals surface area contributed by atoms with E-state index in [-0.39, 0.29) is 32.1 Å². The van der Waals surface area contributed by atoms with Crippen molar-refractivity contribution in [1.29, 1.82) is 0 Å². The van der Waals surface area contributed by atoms with Gasteiger partial charge < -0.3 is 19.4 Å². The zero-order chi connectivity index (χ0) is 25.1. The van der Waals surface area contributed by atoms with Gasteiger partial charge in [-0.15, -0.1) is 0 Å². The van der Waals surface area contributed by atoms with E-state index >= 15 is 0 Å². The Morgan fingerprint density at radius 2 is 1.37 bits per heavy atom. The lowest BCUT2D eigenvalue weighted by Crippen LogP contribution is -2.91. The fourth-order valence-corrected chi connectivity index (χ4v) is 5.96. The van der Waals surface area contributed by atoms with Gasteiger partial charge in [-0.2, -0.15) is 0 Å². The number of rotatable bonds is 3. The zero-order valence-corrected chi connectivity index (χ0v) is 19.7. The van der Waals surface area contributed by atoms with Crippen LogP contribution in [-0.2, 0) is 14.4 Å². The summed E-state index contributed by atoms with van der Waals surface area (Å²) in [7, 11) is 1.58. The van der Waals surface area contributed by atoms with Crippen LogP contribution in [0.15, 0.2) is 30.3 Å². The Labute approximate surface area is 202 Å². The number of urea groups is 2. The molecule has 4 aliphatic rings. The van der Waals surface area contributed by atoms with E-state index in [9.17, 15) is 24.0 Å². The van der Waals surface area contributed by atoms with Crippen LogP contribution in [0, 0.1) is 10.8 Å². The van der Waals surface area contributed by atoms with Crippen molar-refractivity contribution in [2.75, 3.05) is 33.3 Å². The van der Waals surface area contributed by atoms with Crippen molar-refractivity contribution in [1.82, 2.24) is 25.3 Å². The maximum Gasteiger partial charge on any atom is 0.324 e. The molecule has 4 fully saturated rings. The van der Waals surface area contributed by atoms with Crippen molar-refractivity contribution in [3.8, 4) is 5.75 Å². The number of amides is 7. The number of ether oxygens (including phenoxy) is 1. The minimum Gasteiger partial charge on any atom is -0.497 e. The maximum absolute atomic E-state index is 13.1. The van der Waals surface area contributed by atoms with E-state index < -0.39 is 46.8 Å². The van der Waals surface area contributed by atoms with Gasteiger partial charge in [-0.1, -0.05) is 12.1 Å². The summed E-state index contributed by atoms with van der Waals surface area (Å²) in [4.78, 5) is 69.1. The second-order valence-electron chi connectivity index (χ2n) is 9.63. The standard InChI is InChI=1S/C24H27N5O6/c1-23-17-18-24(23,2)20(32)26-22(34)29(18)13-11-27(10-12-28(17)21(33)25-19(23)31)16(30)9-6-14-4-7-15(35-3)8-5-14/h4-9,17-18H,10-13H2,1-3H3,(H,25,31,33)(H,26,32,34). The first-order valence-corrected chi connectivity index (χ1v) is 11.5. The highest BCUT2D eigenvalue weighted by Crippen LogP contribution is 2.63. The molecular weight excluding hydrogens is 454 g/mol. The number of carbonyl (C=O) groups is 5. The molecule has 11 nitrogen and oxygen atoms in total. The van der Waals surface area contributed by atoms with Gasteiger partial charge >= 0.3 is 12.1 Å².